The van der Waals surface area contributed by atoms with Gasteiger partial charge in [0.2, 0.25) is 0 Å². The van der Waals surface area contributed by atoms with Crippen LogP contribution < -0.4 is 0 Å². The Hall–Kier alpha value is -0.0800. The average molecular weight is 268 g/mol. The highest BCUT2D eigenvalue weighted by molar-refractivity contribution is 4.90. The summed E-state index contributed by atoms with van der Waals surface area (Å²) in [7, 11) is 0. The fraction of sp³-hybridized carbons (Fsp3) is 1.00. The van der Waals surface area contributed by atoms with Crippen molar-refractivity contribution in [1.82, 2.24) is 0 Å². The maximum atomic E-state index is 5.65. The lowest BCUT2D eigenvalue weighted by molar-refractivity contribution is -0.182. The molecule has 0 aromatic heterocycles. The maximum absolute atomic E-state index is 5.65. The Balaban J connectivity index is 0.000000163. The molecule has 2 saturated carbocycles. The predicted molar refractivity (Wildman–Crippen MR) is 79.1 cm³/mol. The van der Waals surface area contributed by atoms with Gasteiger partial charge < -0.3 is 9.47 Å². The van der Waals surface area contributed by atoms with Crippen molar-refractivity contribution in [2.24, 2.45) is 17.3 Å². The summed E-state index contributed by atoms with van der Waals surface area (Å²) in [4.78, 5) is 0. The molecule has 0 unspecified atom stereocenters. The van der Waals surface area contributed by atoms with Crippen LogP contribution in [0.4, 0.5) is 0 Å². The molecule has 0 amide bonds. The predicted octanol–water partition coefficient (Wildman–Crippen LogP) is 4.77. The average Bonchev–Trinajstić information content (AvgIpc) is 3.01. The zero-order valence-corrected chi connectivity index (χ0v) is 13.3. The summed E-state index contributed by atoms with van der Waals surface area (Å²) >= 11 is 0. The van der Waals surface area contributed by atoms with E-state index >= 15 is 0 Å². The molecule has 0 aromatic carbocycles. The summed E-state index contributed by atoms with van der Waals surface area (Å²) in [5.41, 5.74) is 0.750. The third kappa shape index (κ3) is 3.95. The number of hydrogen-bond donors (Lipinski definition) is 0. The molecular formula is C17H32O2. The van der Waals surface area contributed by atoms with Crippen LogP contribution in [0, 0.1) is 17.3 Å². The third-order valence-electron chi connectivity index (χ3n) is 5.69. The number of hydrogen-bond acceptors (Lipinski definition) is 2. The van der Waals surface area contributed by atoms with Crippen LogP contribution in [0.1, 0.15) is 72.6 Å². The molecule has 0 atom stereocenters. The standard InChI is InChI=1S/C10H18O2.C7H14/c1-2-9-3-5-10(6-4-9)11-7-8-12-10;1-6(2)7(3)4-5-7/h9H,2-8H2,1H3;6H,4-5H2,1-3H3. The molecule has 112 valence electrons. The minimum absolute atomic E-state index is 0.147. The molecule has 19 heavy (non-hydrogen) atoms. The van der Waals surface area contributed by atoms with Gasteiger partial charge in [-0.1, -0.05) is 34.1 Å². The summed E-state index contributed by atoms with van der Waals surface area (Å²) in [6.07, 6.45) is 9.05. The van der Waals surface area contributed by atoms with Gasteiger partial charge in [-0.3, -0.25) is 0 Å². The van der Waals surface area contributed by atoms with Crippen LogP contribution in [0.25, 0.3) is 0 Å². The van der Waals surface area contributed by atoms with E-state index in [2.05, 4.69) is 27.7 Å². The lowest BCUT2D eigenvalue weighted by atomic mass is 9.84. The Morgan fingerprint density at radius 3 is 1.84 bits per heavy atom. The van der Waals surface area contributed by atoms with Gasteiger partial charge in [-0.05, 0) is 42.9 Å². The molecule has 2 heteroatoms. The summed E-state index contributed by atoms with van der Waals surface area (Å²) in [6.45, 7) is 10.9. The van der Waals surface area contributed by atoms with E-state index in [1.807, 2.05) is 0 Å². The first-order valence-electron chi connectivity index (χ1n) is 8.28. The van der Waals surface area contributed by atoms with Gasteiger partial charge in [0.25, 0.3) is 0 Å². The molecule has 3 rings (SSSR count). The van der Waals surface area contributed by atoms with Gasteiger partial charge in [-0.15, -0.1) is 0 Å². The molecule has 1 spiro atoms. The van der Waals surface area contributed by atoms with Crippen molar-refractivity contribution in [2.75, 3.05) is 13.2 Å². The molecule has 3 fully saturated rings. The molecule has 2 nitrogen and oxygen atoms in total. The summed E-state index contributed by atoms with van der Waals surface area (Å²) in [5.74, 6) is 1.68. The lowest BCUT2D eigenvalue weighted by Crippen LogP contribution is -2.34. The maximum Gasteiger partial charge on any atom is 0.168 e. The van der Waals surface area contributed by atoms with Crippen molar-refractivity contribution < 1.29 is 9.47 Å². The summed E-state index contributed by atoms with van der Waals surface area (Å²) in [6, 6.07) is 0. The first-order valence-corrected chi connectivity index (χ1v) is 8.28. The van der Waals surface area contributed by atoms with E-state index in [1.54, 1.807) is 0 Å². The SMILES string of the molecule is CC(C)C1(C)CC1.CCC1CCC2(CC1)OCCO2. The normalized spacial score (nSPS) is 28.3. The topological polar surface area (TPSA) is 18.5 Å². The van der Waals surface area contributed by atoms with E-state index in [4.69, 9.17) is 9.47 Å². The minimum Gasteiger partial charge on any atom is -0.348 e. The Bertz CT molecular complexity index is 265. The second-order valence-electron chi connectivity index (χ2n) is 7.27. The molecule has 1 aliphatic heterocycles. The molecule has 0 radical (unpaired) electrons. The van der Waals surface area contributed by atoms with Crippen molar-refractivity contribution in [1.29, 1.82) is 0 Å². The van der Waals surface area contributed by atoms with Gasteiger partial charge in [0.1, 0.15) is 0 Å². The van der Waals surface area contributed by atoms with Crippen molar-refractivity contribution >= 4 is 0 Å². The monoisotopic (exact) mass is 268 g/mol. The molecule has 1 heterocycles. The van der Waals surface area contributed by atoms with E-state index in [-0.39, 0.29) is 5.79 Å². The first kappa shape index (κ1) is 15.3. The van der Waals surface area contributed by atoms with Crippen LogP contribution >= 0.6 is 0 Å². The molecule has 0 aromatic rings. The zero-order chi connectivity index (χ0) is 13.9. The molecule has 0 bridgehead atoms. The third-order valence-corrected chi connectivity index (χ3v) is 5.69. The van der Waals surface area contributed by atoms with E-state index < -0.39 is 0 Å². The molecular weight excluding hydrogens is 236 g/mol. The molecule has 3 aliphatic rings. The largest absolute Gasteiger partial charge is 0.348 e. The number of ether oxygens (including phenoxy) is 2. The second-order valence-corrected chi connectivity index (χ2v) is 7.27. The van der Waals surface area contributed by atoms with Crippen molar-refractivity contribution in [3.63, 3.8) is 0 Å². The van der Waals surface area contributed by atoms with Gasteiger partial charge in [-0.25, -0.2) is 0 Å². The van der Waals surface area contributed by atoms with Crippen LogP contribution in [0.3, 0.4) is 0 Å². The Morgan fingerprint density at radius 2 is 1.53 bits per heavy atom. The van der Waals surface area contributed by atoms with Crippen LogP contribution in [-0.4, -0.2) is 19.0 Å². The van der Waals surface area contributed by atoms with Crippen molar-refractivity contribution in [3.8, 4) is 0 Å². The molecule has 0 N–H and O–H groups in total. The highest BCUT2D eigenvalue weighted by atomic mass is 16.7. The Kier molecular flexibility index (Phi) is 4.94. The fourth-order valence-electron chi connectivity index (χ4n) is 3.09. The molecule has 2 aliphatic carbocycles. The van der Waals surface area contributed by atoms with Crippen LogP contribution in [0.15, 0.2) is 0 Å². The van der Waals surface area contributed by atoms with Gasteiger partial charge in [0.05, 0.1) is 13.2 Å². The quantitative estimate of drug-likeness (QED) is 0.718. The van der Waals surface area contributed by atoms with Gasteiger partial charge in [0.15, 0.2) is 5.79 Å². The zero-order valence-electron chi connectivity index (χ0n) is 13.3. The lowest BCUT2D eigenvalue weighted by Gasteiger charge is -2.34. The number of rotatable bonds is 2. The molecule has 1 saturated heterocycles. The minimum atomic E-state index is -0.147. The Labute approximate surface area is 119 Å². The van der Waals surface area contributed by atoms with E-state index in [0.717, 1.165) is 43.3 Å². The first-order chi connectivity index (χ1) is 9.00. The summed E-state index contributed by atoms with van der Waals surface area (Å²) in [5, 5.41) is 0. The Morgan fingerprint density at radius 1 is 1.00 bits per heavy atom. The fourth-order valence-corrected chi connectivity index (χ4v) is 3.09. The van der Waals surface area contributed by atoms with Crippen molar-refractivity contribution in [2.45, 2.75) is 78.4 Å². The van der Waals surface area contributed by atoms with Crippen LogP contribution in [0.5, 0.6) is 0 Å². The van der Waals surface area contributed by atoms with Gasteiger partial charge in [-0.2, -0.15) is 0 Å². The van der Waals surface area contributed by atoms with Crippen molar-refractivity contribution in [3.05, 3.63) is 0 Å². The highest BCUT2D eigenvalue weighted by Gasteiger charge is 2.40. The van der Waals surface area contributed by atoms with E-state index in [1.165, 1.54) is 32.1 Å². The van der Waals surface area contributed by atoms with Crippen LogP contribution in [0.2, 0.25) is 0 Å². The van der Waals surface area contributed by atoms with Crippen LogP contribution in [-0.2, 0) is 9.47 Å². The summed E-state index contributed by atoms with van der Waals surface area (Å²) < 4.78 is 11.3. The van der Waals surface area contributed by atoms with E-state index in [9.17, 15) is 0 Å². The second kappa shape index (κ2) is 6.13. The smallest absolute Gasteiger partial charge is 0.168 e. The van der Waals surface area contributed by atoms with Gasteiger partial charge in [0, 0.05) is 12.8 Å². The van der Waals surface area contributed by atoms with E-state index in [0.29, 0.717) is 0 Å². The van der Waals surface area contributed by atoms with Gasteiger partial charge >= 0.3 is 0 Å². The highest BCUT2D eigenvalue weighted by Crippen LogP contribution is 2.50.